The third-order valence-corrected chi connectivity index (χ3v) is 3.63. The number of fused-ring (bicyclic) bond motifs is 1. The molecule has 0 saturated heterocycles. The van der Waals surface area contributed by atoms with Crippen LogP contribution in [0.2, 0.25) is 0 Å². The van der Waals surface area contributed by atoms with Crippen molar-refractivity contribution in [2.45, 2.75) is 0 Å². The van der Waals surface area contributed by atoms with Crippen LogP contribution in [-0.2, 0) is 0 Å². The summed E-state index contributed by atoms with van der Waals surface area (Å²) in [6, 6.07) is 22.5. The van der Waals surface area contributed by atoms with Gasteiger partial charge >= 0.3 is 0 Å². The van der Waals surface area contributed by atoms with E-state index in [0.29, 0.717) is 0 Å². The van der Waals surface area contributed by atoms with Gasteiger partial charge in [0.15, 0.2) is 0 Å². The molecule has 1 heteroatoms. The molecule has 0 amide bonds. The Labute approximate surface area is 125 Å². The van der Waals surface area contributed by atoms with Gasteiger partial charge in [0.05, 0.1) is 0 Å². The van der Waals surface area contributed by atoms with Crippen molar-refractivity contribution in [2.24, 2.45) is 5.73 Å². The topological polar surface area (TPSA) is 26.0 Å². The van der Waals surface area contributed by atoms with Crippen molar-refractivity contribution in [2.75, 3.05) is 0 Å². The summed E-state index contributed by atoms with van der Waals surface area (Å²) in [4.78, 5) is 0. The molecule has 21 heavy (non-hydrogen) atoms. The lowest BCUT2D eigenvalue weighted by atomic mass is 9.97. The van der Waals surface area contributed by atoms with Crippen LogP contribution in [0.25, 0.3) is 28.6 Å². The predicted octanol–water partition coefficient (Wildman–Crippen LogP) is 4.94. The third kappa shape index (κ3) is 2.59. The van der Waals surface area contributed by atoms with E-state index in [1.165, 1.54) is 10.8 Å². The summed E-state index contributed by atoms with van der Waals surface area (Å²) in [5.41, 5.74) is 10.3. The Kier molecular flexibility index (Phi) is 3.57. The Morgan fingerprint density at radius 2 is 1.57 bits per heavy atom. The lowest BCUT2D eigenvalue weighted by Crippen LogP contribution is -1.96. The van der Waals surface area contributed by atoms with Crippen LogP contribution in [-0.4, -0.2) is 0 Å². The maximum atomic E-state index is 6.27. The molecular formula is C20H17N. The van der Waals surface area contributed by atoms with Gasteiger partial charge in [-0.15, -0.1) is 0 Å². The van der Waals surface area contributed by atoms with E-state index in [9.17, 15) is 0 Å². The van der Waals surface area contributed by atoms with Crippen molar-refractivity contribution in [1.82, 2.24) is 0 Å². The second-order valence-electron chi connectivity index (χ2n) is 4.96. The van der Waals surface area contributed by atoms with Crippen LogP contribution in [0.3, 0.4) is 0 Å². The van der Waals surface area contributed by atoms with Crippen LogP contribution < -0.4 is 5.73 Å². The summed E-state index contributed by atoms with van der Waals surface area (Å²) in [5, 5.41) is 2.39. The van der Waals surface area contributed by atoms with Crippen molar-refractivity contribution in [1.29, 1.82) is 0 Å². The molecule has 0 heterocycles. The molecule has 2 N–H and O–H groups in total. The third-order valence-electron chi connectivity index (χ3n) is 3.63. The maximum absolute atomic E-state index is 6.27. The van der Waals surface area contributed by atoms with Gasteiger partial charge in [-0.05, 0) is 33.5 Å². The second-order valence-corrected chi connectivity index (χ2v) is 4.96. The molecule has 0 atom stereocenters. The Balaban J connectivity index is 2.21. The highest BCUT2D eigenvalue weighted by Gasteiger charge is 2.04. The predicted molar refractivity (Wildman–Crippen MR) is 92.5 cm³/mol. The van der Waals surface area contributed by atoms with Gasteiger partial charge in [-0.2, -0.15) is 0 Å². The SMILES string of the molecule is C=Cc1ccc2ccccc2c1/C=C(\N)c1ccccc1. The highest BCUT2D eigenvalue weighted by atomic mass is 14.6. The molecule has 3 aromatic carbocycles. The Morgan fingerprint density at radius 3 is 2.33 bits per heavy atom. The fraction of sp³-hybridized carbons (Fsp3) is 0. The van der Waals surface area contributed by atoms with Crippen molar-refractivity contribution in [3.05, 3.63) is 90.0 Å². The number of hydrogen-bond donors (Lipinski definition) is 1. The highest BCUT2D eigenvalue weighted by molar-refractivity contribution is 5.97. The molecular weight excluding hydrogens is 254 g/mol. The summed E-state index contributed by atoms with van der Waals surface area (Å²) in [5.74, 6) is 0. The standard InChI is InChI=1S/C20H17N/c1-2-15-12-13-16-8-6-7-11-18(16)19(15)14-20(21)17-9-4-3-5-10-17/h2-14H,1,21H2/b20-14-. The van der Waals surface area contributed by atoms with E-state index in [2.05, 4.69) is 30.8 Å². The van der Waals surface area contributed by atoms with E-state index >= 15 is 0 Å². The first-order valence-corrected chi connectivity index (χ1v) is 6.96. The van der Waals surface area contributed by atoms with Crippen LogP contribution in [0.15, 0.2) is 73.3 Å². The van der Waals surface area contributed by atoms with Crippen LogP contribution in [0, 0.1) is 0 Å². The zero-order chi connectivity index (χ0) is 14.7. The average molecular weight is 271 g/mol. The highest BCUT2D eigenvalue weighted by Crippen LogP contribution is 2.26. The van der Waals surface area contributed by atoms with E-state index in [1.54, 1.807) is 0 Å². The van der Waals surface area contributed by atoms with Gasteiger partial charge in [-0.25, -0.2) is 0 Å². The first kappa shape index (κ1) is 13.2. The summed E-state index contributed by atoms with van der Waals surface area (Å²) in [7, 11) is 0. The summed E-state index contributed by atoms with van der Waals surface area (Å²) in [6.07, 6.45) is 3.91. The Hall–Kier alpha value is -2.80. The monoisotopic (exact) mass is 271 g/mol. The van der Waals surface area contributed by atoms with Gasteiger partial charge in [-0.3, -0.25) is 0 Å². The van der Waals surface area contributed by atoms with Gasteiger partial charge in [0.25, 0.3) is 0 Å². The van der Waals surface area contributed by atoms with Crippen molar-refractivity contribution in [3.8, 4) is 0 Å². The van der Waals surface area contributed by atoms with Gasteiger partial charge in [0, 0.05) is 5.70 Å². The fourth-order valence-corrected chi connectivity index (χ4v) is 2.52. The molecule has 3 aromatic rings. The summed E-state index contributed by atoms with van der Waals surface area (Å²) < 4.78 is 0. The van der Waals surface area contributed by atoms with Crippen molar-refractivity contribution in [3.63, 3.8) is 0 Å². The largest absolute Gasteiger partial charge is 0.398 e. The van der Waals surface area contributed by atoms with Crippen LogP contribution in [0.5, 0.6) is 0 Å². The van der Waals surface area contributed by atoms with Gasteiger partial charge < -0.3 is 5.73 Å². The molecule has 3 rings (SSSR count). The lowest BCUT2D eigenvalue weighted by molar-refractivity contribution is 1.53. The zero-order valence-electron chi connectivity index (χ0n) is 11.8. The van der Waals surface area contributed by atoms with E-state index in [0.717, 1.165) is 22.4 Å². The van der Waals surface area contributed by atoms with E-state index in [4.69, 9.17) is 5.73 Å². The molecule has 0 aliphatic rings. The number of hydrogen-bond acceptors (Lipinski definition) is 1. The summed E-state index contributed by atoms with van der Waals surface area (Å²) in [6.45, 7) is 3.91. The minimum Gasteiger partial charge on any atom is -0.398 e. The smallest absolute Gasteiger partial charge is 0.0394 e. The Morgan fingerprint density at radius 1 is 0.857 bits per heavy atom. The van der Waals surface area contributed by atoms with Crippen molar-refractivity contribution >= 4 is 28.6 Å². The second kappa shape index (κ2) is 5.68. The molecule has 0 saturated carbocycles. The molecule has 0 radical (unpaired) electrons. The minimum atomic E-state index is 0.759. The normalized spacial score (nSPS) is 11.5. The molecule has 102 valence electrons. The molecule has 0 aliphatic heterocycles. The average Bonchev–Trinajstić information content (AvgIpc) is 2.56. The number of benzene rings is 3. The van der Waals surface area contributed by atoms with Gasteiger partial charge in [-0.1, -0.05) is 79.4 Å². The number of nitrogens with two attached hydrogens (primary N) is 1. The molecule has 0 fully saturated rings. The summed E-state index contributed by atoms with van der Waals surface area (Å²) >= 11 is 0. The quantitative estimate of drug-likeness (QED) is 0.671. The fourth-order valence-electron chi connectivity index (χ4n) is 2.52. The van der Waals surface area contributed by atoms with Crippen LogP contribution >= 0.6 is 0 Å². The lowest BCUT2D eigenvalue weighted by Gasteiger charge is -2.09. The van der Waals surface area contributed by atoms with Gasteiger partial charge in [0.1, 0.15) is 0 Å². The van der Waals surface area contributed by atoms with Crippen molar-refractivity contribution < 1.29 is 0 Å². The molecule has 0 aromatic heterocycles. The van der Waals surface area contributed by atoms with Crippen LogP contribution in [0.1, 0.15) is 16.7 Å². The van der Waals surface area contributed by atoms with Gasteiger partial charge in [0.2, 0.25) is 0 Å². The van der Waals surface area contributed by atoms with E-state index in [1.807, 2.05) is 54.6 Å². The molecule has 0 bridgehead atoms. The minimum absolute atomic E-state index is 0.759. The first-order chi connectivity index (χ1) is 10.3. The maximum Gasteiger partial charge on any atom is 0.0394 e. The van der Waals surface area contributed by atoms with E-state index < -0.39 is 0 Å². The van der Waals surface area contributed by atoms with E-state index in [-0.39, 0.29) is 0 Å². The molecule has 0 unspecified atom stereocenters. The molecule has 0 spiro atoms. The Bertz CT molecular complexity index is 814. The van der Waals surface area contributed by atoms with Crippen LogP contribution in [0.4, 0.5) is 0 Å². The molecule has 1 nitrogen and oxygen atoms in total. The number of rotatable bonds is 3. The molecule has 0 aliphatic carbocycles. The first-order valence-electron chi connectivity index (χ1n) is 6.96. The zero-order valence-corrected chi connectivity index (χ0v) is 11.8.